The van der Waals surface area contributed by atoms with Gasteiger partial charge in [-0.1, -0.05) is 6.07 Å². The summed E-state index contributed by atoms with van der Waals surface area (Å²) in [5.41, 5.74) is 1.67. The molecule has 1 aromatic carbocycles. The molecule has 0 fully saturated rings. The van der Waals surface area contributed by atoms with E-state index >= 15 is 0 Å². The van der Waals surface area contributed by atoms with E-state index in [9.17, 15) is 9.59 Å². The Hall–Kier alpha value is -1.75. The van der Waals surface area contributed by atoms with Gasteiger partial charge < -0.3 is 14.4 Å². The maximum atomic E-state index is 11.6. The summed E-state index contributed by atoms with van der Waals surface area (Å²) in [7, 11) is 1.71. The Morgan fingerprint density at radius 1 is 1.52 bits per heavy atom. The second-order valence-corrected chi connectivity index (χ2v) is 5.47. The molecule has 0 spiro atoms. The third-order valence-corrected chi connectivity index (χ3v) is 3.57. The van der Waals surface area contributed by atoms with E-state index in [1.807, 2.05) is 18.2 Å². The van der Waals surface area contributed by atoms with E-state index in [4.69, 9.17) is 21.1 Å². The number of likely N-dealkylation sites (N-methyl/N-ethyl adjacent to an activating group) is 1. The van der Waals surface area contributed by atoms with Crippen molar-refractivity contribution < 1.29 is 19.1 Å². The Balaban J connectivity index is 2.05. The molecule has 21 heavy (non-hydrogen) atoms. The number of hydrogen-bond donors (Lipinski definition) is 0. The second-order valence-electron chi connectivity index (χ2n) is 4.85. The molecule has 1 atom stereocenters. The minimum absolute atomic E-state index is 0.0594. The zero-order valence-corrected chi connectivity index (χ0v) is 12.9. The fraction of sp³-hybridized carbons (Fsp3) is 0.467. The normalized spacial score (nSPS) is 15.2. The molecule has 1 aliphatic rings. The average molecular weight is 312 g/mol. The number of alkyl halides is 1. The fourth-order valence-electron chi connectivity index (χ4n) is 2.17. The first-order valence-electron chi connectivity index (χ1n) is 6.83. The van der Waals surface area contributed by atoms with Crippen molar-refractivity contribution >= 4 is 29.2 Å². The smallest absolute Gasteiger partial charge is 0.307 e. The number of hydrogen-bond acceptors (Lipinski definition) is 4. The first-order valence-corrected chi connectivity index (χ1v) is 7.27. The summed E-state index contributed by atoms with van der Waals surface area (Å²) in [4.78, 5) is 24.6. The van der Waals surface area contributed by atoms with E-state index in [-0.39, 0.29) is 30.3 Å². The molecule has 0 saturated carbocycles. The molecular weight excluding hydrogens is 294 g/mol. The highest BCUT2D eigenvalue weighted by Gasteiger charge is 2.23. The highest BCUT2D eigenvalue weighted by atomic mass is 35.5. The minimum Gasteiger partial charge on any atom is -0.482 e. The summed E-state index contributed by atoms with van der Waals surface area (Å²) in [6, 6.07) is 5.58. The molecule has 0 saturated heterocycles. The van der Waals surface area contributed by atoms with Gasteiger partial charge in [0.2, 0.25) is 0 Å². The Kier molecular flexibility index (Phi) is 5.07. The molecule has 0 aromatic heterocycles. The Morgan fingerprint density at radius 3 is 3.00 bits per heavy atom. The lowest BCUT2D eigenvalue weighted by atomic mass is 10.1. The molecule has 1 aromatic rings. The van der Waals surface area contributed by atoms with Crippen LogP contribution in [-0.2, 0) is 20.7 Å². The van der Waals surface area contributed by atoms with Crippen LogP contribution in [0.4, 0.5) is 5.69 Å². The summed E-state index contributed by atoms with van der Waals surface area (Å²) in [6.45, 7) is 2.17. The molecule has 2 rings (SSSR count). The fourth-order valence-corrected chi connectivity index (χ4v) is 2.48. The van der Waals surface area contributed by atoms with E-state index in [0.717, 1.165) is 11.3 Å². The average Bonchev–Trinajstić information content (AvgIpc) is 2.43. The molecule has 1 unspecified atom stereocenters. The van der Waals surface area contributed by atoms with Crippen molar-refractivity contribution in [1.29, 1.82) is 0 Å². The van der Waals surface area contributed by atoms with E-state index in [0.29, 0.717) is 18.8 Å². The number of amides is 1. The van der Waals surface area contributed by atoms with Gasteiger partial charge in [-0.25, -0.2) is 0 Å². The van der Waals surface area contributed by atoms with Gasteiger partial charge in [-0.2, -0.15) is 0 Å². The first kappa shape index (κ1) is 15.6. The standard InChI is InChI=1S/C15H18ClNO4/c1-3-20-15(19)8-11(16)6-10-4-5-13-12(7-10)17(2)14(18)9-21-13/h4-5,7,11H,3,6,8-9H2,1-2H3. The maximum Gasteiger partial charge on any atom is 0.307 e. The molecule has 0 N–H and O–H groups in total. The Morgan fingerprint density at radius 2 is 2.29 bits per heavy atom. The molecule has 114 valence electrons. The minimum atomic E-state index is -0.340. The molecule has 0 bridgehead atoms. The summed E-state index contributed by atoms with van der Waals surface area (Å²) >= 11 is 6.18. The number of carbonyl (C=O) groups is 2. The predicted molar refractivity (Wildman–Crippen MR) is 79.9 cm³/mol. The number of fused-ring (bicyclic) bond motifs is 1. The van der Waals surface area contributed by atoms with E-state index in [2.05, 4.69) is 0 Å². The van der Waals surface area contributed by atoms with Gasteiger partial charge in [-0.3, -0.25) is 9.59 Å². The zero-order chi connectivity index (χ0) is 15.4. The number of nitrogens with zero attached hydrogens (tertiary/aromatic N) is 1. The van der Waals surface area contributed by atoms with Crippen LogP contribution in [0.15, 0.2) is 18.2 Å². The van der Waals surface area contributed by atoms with Crippen molar-refractivity contribution in [2.75, 3.05) is 25.2 Å². The molecule has 1 amide bonds. The van der Waals surface area contributed by atoms with Crippen LogP contribution in [0, 0.1) is 0 Å². The predicted octanol–water partition coefficient (Wildman–Crippen LogP) is 2.14. The van der Waals surface area contributed by atoms with Crippen LogP contribution < -0.4 is 9.64 Å². The second kappa shape index (κ2) is 6.80. The van der Waals surface area contributed by atoms with Gasteiger partial charge in [-0.05, 0) is 31.0 Å². The SMILES string of the molecule is CCOC(=O)CC(Cl)Cc1ccc2c(c1)N(C)C(=O)CO2. The number of anilines is 1. The number of carbonyl (C=O) groups excluding carboxylic acids is 2. The van der Waals surface area contributed by atoms with Crippen LogP contribution in [0.2, 0.25) is 0 Å². The number of esters is 1. The number of rotatable bonds is 5. The monoisotopic (exact) mass is 311 g/mol. The van der Waals surface area contributed by atoms with Crippen LogP contribution in [0.3, 0.4) is 0 Å². The van der Waals surface area contributed by atoms with Crippen molar-refractivity contribution in [3.63, 3.8) is 0 Å². The Labute approximate surface area is 128 Å². The van der Waals surface area contributed by atoms with Crippen LogP contribution in [0.5, 0.6) is 5.75 Å². The van der Waals surface area contributed by atoms with Gasteiger partial charge in [0.15, 0.2) is 6.61 Å². The molecule has 5 nitrogen and oxygen atoms in total. The third-order valence-electron chi connectivity index (χ3n) is 3.26. The summed E-state index contributed by atoms with van der Waals surface area (Å²) in [5, 5.41) is -0.340. The first-order chi connectivity index (χ1) is 10.0. The lowest BCUT2D eigenvalue weighted by molar-refractivity contribution is -0.143. The highest BCUT2D eigenvalue weighted by Crippen LogP contribution is 2.32. The summed E-state index contributed by atoms with van der Waals surface area (Å²) in [6.07, 6.45) is 0.688. The lowest BCUT2D eigenvalue weighted by Crippen LogP contribution is -2.35. The molecule has 0 aliphatic carbocycles. The van der Waals surface area contributed by atoms with Crippen molar-refractivity contribution in [2.45, 2.75) is 25.1 Å². The van der Waals surface area contributed by atoms with Crippen molar-refractivity contribution in [3.8, 4) is 5.75 Å². The summed E-state index contributed by atoms with van der Waals surface area (Å²) < 4.78 is 10.2. The van der Waals surface area contributed by atoms with E-state index in [1.165, 1.54) is 0 Å². The van der Waals surface area contributed by atoms with Crippen molar-refractivity contribution in [3.05, 3.63) is 23.8 Å². The van der Waals surface area contributed by atoms with Gasteiger partial charge in [-0.15, -0.1) is 11.6 Å². The van der Waals surface area contributed by atoms with E-state index in [1.54, 1.807) is 18.9 Å². The number of halogens is 1. The molecule has 0 radical (unpaired) electrons. The third kappa shape index (κ3) is 3.88. The van der Waals surface area contributed by atoms with Gasteiger partial charge in [0, 0.05) is 12.4 Å². The molecule has 1 aliphatic heterocycles. The van der Waals surface area contributed by atoms with Crippen LogP contribution in [0.25, 0.3) is 0 Å². The van der Waals surface area contributed by atoms with Gasteiger partial charge >= 0.3 is 5.97 Å². The molecule has 1 heterocycles. The maximum absolute atomic E-state index is 11.6. The zero-order valence-electron chi connectivity index (χ0n) is 12.1. The van der Waals surface area contributed by atoms with Crippen LogP contribution >= 0.6 is 11.6 Å². The highest BCUT2D eigenvalue weighted by molar-refractivity contribution is 6.21. The number of ether oxygens (including phenoxy) is 2. The van der Waals surface area contributed by atoms with Crippen molar-refractivity contribution in [1.82, 2.24) is 0 Å². The van der Waals surface area contributed by atoms with E-state index < -0.39 is 0 Å². The Bertz CT molecular complexity index is 546. The van der Waals surface area contributed by atoms with Gasteiger partial charge in [0.05, 0.1) is 18.7 Å². The number of benzene rings is 1. The van der Waals surface area contributed by atoms with Gasteiger partial charge in [0.1, 0.15) is 5.75 Å². The topological polar surface area (TPSA) is 55.8 Å². The summed E-state index contributed by atoms with van der Waals surface area (Å²) in [5.74, 6) is 0.289. The largest absolute Gasteiger partial charge is 0.482 e. The lowest BCUT2D eigenvalue weighted by Gasteiger charge is -2.26. The van der Waals surface area contributed by atoms with Crippen LogP contribution in [0.1, 0.15) is 18.9 Å². The molecule has 6 heteroatoms. The van der Waals surface area contributed by atoms with Crippen molar-refractivity contribution in [2.24, 2.45) is 0 Å². The quantitative estimate of drug-likeness (QED) is 0.617. The molecular formula is C15H18ClNO4. The van der Waals surface area contributed by atoms with Crippen LogP contribution in [-0.4, -0.2) is 37.5 Å². The van der Waals surface area contributed by atoms with Gasteiger partial charge in [0.25, 0.3) is 5.91 Å².